The minimum Gasteiger partial charge on any atom is -0.443 e. The van der Waals surface area contributed by atoms with Crippen LogP contribution in [0.15, 0.2) is 35.5 Å². The third-order valence-electron chi connectivity index (χ3n) is 4.01. The lowest BCUT2D eigenvalue weighted by Gasteiger charge is -2.26. The summed E-state index contributed by atoms with van der Waals surface area (Å²) in [5.41, 5.74) is 0.404. The molecule has 0 fully saturated rings. The maximum Gasteiger partial charge on any atom is 0.414 e. The van der Waals surface area contributed by atoms with Crippen LogP contribution in [-0.2, 0) is 4.74 Å². The maximum atomic E-state index is 12.9. The number of rotatable bonds is 1. The first-order valence-corrected chi connectivity index (χ1v) is 8.27. The Hall–Kier alpha value is -2.14. The highest BCUT2D eigenvalue weighted by Gasteiger charge is 2.46. The summed E-state index contributed by atoms with van der Waals surface area (Å²) in [6, 6.07) is 6.63. The first kappa shape index (κ1) is 16.7. The molecule has 1 atom stereocenters. The number of Topliss-reactive ketones (excluding diaryl/α,β-unsaturated/α-hetero) is 2. The Labute approximate surface area is 145 Å². The molecule has 0 saturated heterocycles. The minimum absolute atomic E-state index is 0.110. The van der Waals surface area contributed by atoms with Crippen molar-refractivity contribution in [3.63, 3.8) is 0 Å². The van der Waals surface area contributed by atoms with Gasteiger partial charge >= 0.3 is 6.09 Å². The van der Waals surface area contributed by atoms with Gasteiger partial charge in [0, 0.05) is 35.0 Å². The predicted octanol–water partition coefficient (Wildman–Crippen LogP) is 3.43. The number of nitrogens with zero attached hydrogens (tertiary/aromatic N) is 1. The van der Waals surface area contributed by atoms with Gasteiger partial charge in [-0.05, 0) is 20.8 Å². The Morgan fingerprint density at radius 1 is 1.21 bits per heavy atom. The molecule has 1 unspecified atom stereocenters. The van der Waals surface area contributed by atoms with E-state index in [0.29, 0.717) is 16.7 Å². The second-order valence-electron chi connectivity index (χ2n) is 6.91. The average Bonchev–Trinajstić information content (AvgIpc) is 2.91. The molecule has 1 amide bonds. The van der Waals surface area contributed by atoms with Gasteiger partial charge in [0.25, 0.3) is 0 Å². The first-order valence-electron chi connectivity index (χ1n) is 7.73. The van der Waals surface area contributed by atoms with Crippen LogP contribution in [0.25, 0.3) is 0 Å². The molecular formula is C18H18ClNO4. The molecule has 0 bridgehead atoms. The highest BCUT2D eigenvalue weighted by Crippen LogP contribution is 2.39. The Balaban J connectivity index is 2.07. The molecule has 1 aliphatic carbocycles. The lowest BCUT2D eigenvalue weighted by molar-refractivity contribution is 0.0313. The van der Waals surface area contributed by atoms with Gasteiger partial charge in [-0.2, -0.15) is 0 Å². The normalized spacial score (nSPS) is 20.2. The SMILES string of the molecule is CC(C)(C)OC(=O)N1CC(CCl)C2=C1C(=O)c1ccccc1C2=O. The molecule has 3 rings (SSSR count). The third-order valence-corrected chi connectivity index (χ3v) is 4.38. The van der Waals surface area contributed by atoms with E-state index in [1.54, 1.807) is 45.0 Å². The summed E-state index contributed by atoms with van der Waals surface area (Å²) in [5, 5.41) is 0. The molecule has 0 N–H and O–H groups in total. The van der Waals surface area contributed by atoms with Crippen LogP contribution in [0.4, 0.5) is 4.79 Å². The van der Waals surface area contributed by atoms with E-state index < -0.39 is 11.7 Å². The van der Waals surface area contributed by atoms with Crippen molar-refractivity contribution in [2.24, 2.45) is 5.92 Å². The summed E-state index contributed by atoms with van der Waals surface area (Å²) in [4.78, 5) is 39.5. The number of fused-ring (bicyclic) bond motifs is 1. The summed E-state index contributed by atoms with van der Waals surface area (Å²) >= 11 is 5.99. The zero-order valence-corrected chi connectivity index (χ0v) is 14.5. The smallest absolute Gasteiger partial charge is 0.414 e. The molecule has 1 aromatic rings. The van der Waals surface area contributed by atoms with Crippen molar-refractivity contribution in [1.29, 1.82) is 0 Å². The Kier molecular flexibility index (Phi) is 4.00. The molecule has 1 heterocycles. The molecule has 0 radical (unpaired) electrons. The topological polar surface area (TPSA) is 63.7 Å². The van der Waals surface area contributed by atoms with Gasteiger partial charge in [-0.25, -0.2) is 4.79 Å². The minimum atomic E-state index is -0.698. The first-order chi connectivity index (χ1) is 11.2. The fraction of sp³-hybridized carbons (Fsp3) is 0.389. The molecule has 2 aliphatic rings. The fourth-order valence-corrected chi connectivity index (χ4v) is 3.29. The van der Waals surface area contributed by atoms with Gasteiger partial charge in [0.05, 0.1) is 0 Å². The molecule has 0 spiro atoms. The van der Waals surface area contributed by atoms with E-state index >= 15 is 0 Å². The number of alkyl halides is 1. The number of carbonyl (C=O) groups is 3. The van der Waals surface area contributed by atoms with Crippen LogP contribution < -0.4 is 0 Å². The van der Waals surface area contributed by atoms with E-state index in [1.807, 2.05) is 0 Å². The number of allylic oxidation sites excluding steroid dienone is 1. The standard InChI is InChI=1S/C18H18ClNO4/c1-18(2,3)24-17(23)20-9-10(8-19)13-14(20)16(22)12-7-5-4-6-11(12)15(13)21/h4-7,10H,8-9H2,1-3H3. The van der Waals surface area contributed by atoms with Gasteiger partial charge in [0.1, 0.15) is 11.3 Å². The number of halogens is 1. The number of amides is 1. The van der Waals surface area contributed by atoms with Crippen LogP contribution in [0.2, 0.25) is 0 Å². The van der Waals surface area contributed by atoms with Crippen molar-refractivity contribution in [2.45, 2.75) is 26.4 Å². The van der Waals surface area contributed by atoms with E-state index in [-0.39, 0.29) is 35.6 Å². The van der Waals surface area contributed by atoms with Gasteiger partial charge in [0.15, 0.2) is 5.78 Å². The van der Waals surface area contributed by atoms with Crippen LogP contribution in [0.5, 0.6) is 0 Å². The summed E-state index contributed by atoms with van der Waals surface area (Å²) in [6.45, 7) is 5.42. The molecule has 1 aromatic carbocycles. The number of hydrogen-bond donors (Lipinski definition) is 0. The van der Waals surface area contributed by atoms with Crippen molar-refractivity contribution < 1.29 is 19.1 Å². The zero-order valence-electron chi connectivity index (χ0n) is 13.8. The average molecular weight is 348 g/mol. The van der Waals surface area contributed by atoms with Crippen LogP contribution in [0.1, 0.15) is 41.5 Å². The number of ketones is 2. The van der Waals surface area contributed by atoms with Crippen LogP contribution in [0, 0.1) is 5.92 Å². The van der Waals surface area contributed by atoms with Gasteiger partial charge in [-0.3, -0.25) is 14.5 Å². The van der Waals surface area contributed by atoms with Gasteiger partial charge in [-0.1, -0.05) is 24.3 Å². The molecule has 0 aromatic heterocycles. The van der Waals surface area contributed by atoms with Crippen molar-refractivity contribution in [3.05, 3.63) is 46.7 Å². The Morgan fingerprint density at radius 3 is 2.33 bits per heavy atom. The van der Waals surface area contributed by atoms with E-state index in [4.69, 9.17) is 16.3 Å². The fourth-order valence-electron chi connectivity index (χ4n) is 3.04. The van der Waals surface area contributed by atoms with E-state index in [0.717, 1.165) is 0 Å². The Morgan fingerprint density at radius 2 is 1.79 bits per heavy atom. The molecule has 126 valence electrons. The zero-order chi connectivity index (χ0) is 17.6. The summed E-state index contributed by atoms with van der Waals surface area (Å²) in [7, 11) is 0. The lowest BCUT2D eigenvalue weighted by atomic mass is 9.84. The summed E-state index contributed by atoms with van der Waals surface area (Å²) < 4.78 is 5.38. The highest BCUT2D eigenvalue weighted by atomic mass is 35.5. The number of carbonyl (C=O) groups excluding carboxylic acids is 3. The van der Waals surface area contributed by atoms with Gasteiger partial charge < -0.3 is 4.74 Å². The van der Waals surface area contributed by atoms with Crippen molar-refractivity contribution >= 4 is 29.3 Å². The quantitative estimate of drug-likeness (QED) is 0.730. The number of hydrogen-bond acceptors (Lipinski definition) is 4. The van der Waals surface area contributed by atoms with Gasteiger partial charge in [0.2, 0.25) is 5.78 Å². The second kappa shape index (κ2) is 5.74. The largest absolute Gasteiger partial charge is 0.443 e. The Bertz CT molecular complexity index is 775. The molecule has 0 saturated carbocycles. The molecule has 24 heavy (non-hydrogen) atoms. The number of ether oxygens (including phenoxy) is 1. The van der Waals surface area contributed by atoms with E-state index in [9.17, 15) is 14.4 Å². The highest BCUT2D eigenvalue weighted by molar-refractivity contribution is 6.29. The molecule has 1 aliphatic heterocycles. The molecular weight excluding hydrogens is 330 g/mol. The van der Waals surface area contributed by atoms with Crippen LogP contribution in [0.3, 0.4) is 0 Å². The summed E-state index contributed by atoms with van der Waals surface area (Å²) in [6.07, 6.45) is -0.636. The maximum absolute atomic E-state index is 12.9. The second-order valence-corrected chi connectivity index (χ2v) is 7.22. The molecule has 5 nitrogen and oxygen atoms in total. The van der Waals surface area contributed by atoms with E-state index in [1.165, 1.54) is 4.90 Å². The van der Waals surface area contributed by atoms with E-state index in [2.05, 4.69) is 0 Å². The van der Waals surface area contributed by atoms with Crippen LogP contribution in [-0.4, -0.2) is 40.6 Å². The third kappa shape index (κ3) is 2.63. The summed E-state index contributed by atoms with van der Waals surface area (Å²) in [5.74, 6) is -0.797. The van der Waals surface area contributed by atoms with Gasteiger partial charge in [-0.15, -0.1) is 11.6 Å². The lowest BCUT2D eigenvalue weighted by Crippen LogP contribution is -2.38. The molecule has 6 heteroatoms. The van der Waals surface area contributed by atoms with Crippen molar-refractivity contribution in [1.82, 2.24) is 4.90 Å². The monoisotopic (exact) mass is 347 g/mol. The predicted molar refractivity (Wildman–Crippen MR) is 89.3 cm³/mol. The van der Waals surface area contributed by atoms with Crippen molar-refractivity contribution in [2.75, 3.05) is 12.4 Å². The number of benzene rings is 1. The van der Waals surface area contributed by atoms with Crippen molar-refractivity contribution in [3.8, 4) is 0 Å². The van der Waals surface area contributed by atoms with Crippen LogP contribution >= 0.6 is 11.6 Å².